The number of benzene rings is 1. The normalized spacial score (nSPS) is 10.1. The molecular formula is C17H15N3O3. The summed E-state index contributed by atoms with van der Waals surface area (Å²) in [5.74, 6) is 3.15. The number of methoxy groups -OCH3 is 1. The van der Waals surface area contributed by atoms with Crippen molar-refractivity contribution in [1.82, 2.24) is 10.4 Å². The molecule has 0 saturated carbocycles. The third-order valence-corrected chi connectivity index (χ3v) is 2.82. The first-order valence-electron chi connectivity index (χ1n) is 6.72. The Morgan fingerprint density at radius 3 is 2.83 bits per heavy atom. The van der Waals surface area contributed by atoms with Crippen LogP contribution in [0, 0.1) is 12.3 Å². The molecule has 1 heterocycles. The van der Waals surface area contributed by atoms with Gasteiger partial charge in [-0.05, 0) is 35.9 Å². The molecule has 0 aliphatic rings. The highest BCUT2D eigenvalue weighted by molar-refractivity contribution is 5.94. The third kappa shape index (κ3) is 4.58. The summed E-state index contributed by atoms with van der Waals surface area (Å²) in [5, 5.41) is 3.91. The first-order chi connectivity index (χ1) is 11.2. The van der Waals surface area contributed by atoms with Gasteiger partial charge in [-0.25, -0.2) is 5.43 Å². The van der Waals surface area contributed by atoms with E-state index in [1.165, 1.54) is 13.3 Å². The largest absolute Gasteiger partial charge is 0.493 e. The van der Waals surface area contributed by atoms with Crippen LogP contribution in [0.4, 0.5) is 0 Å². The Balaban J connectivity index is 2.02. The molecule has 0 fully saturated rings. The number of nitrogens with one attached hydrogen (secondary N) is 1. The van der Waals surface area contributed by atoms with Gasteiger partial charge in [0.15, 0.2) is 11.5 Å². The maximum atomic E-state index is 11.8. The van der Waals surface area contributed by atoms with E-state index in [-0.39, 0.29) is 12.5 Å². The molecule has 1 N–H and O–H groups in total. The molecule has 6 heteroatoms. The van der Waals surface area contributed by atoms with Gasteiger partial charge in [0, 0.05) is 18.0 Å². The third-order valence-electron chi connectivity index (χ3n) is 2.82. The lowest BCUT2D eigenvalue weighted by Gasteiger charge is -2.09. The Morgan fingerprint density at radius 1 is 1.35 bits per heavy atom. The zero-order valence-corrected chi connectivity index (χ0v) is 12.5. The number of amides is 1. The van der Waals surface area contributed by atoms with E-state index in [1.54, 1.807) is 42.7 Å². The van der Waals surface area contributed by atoms with Gasteiger partial charge < -0.3 is 9.47 Å². The summed E-state index contributed by atoms with van der Waals surface area (Å²) in [6, 6.07) is 8.43. The van der Waals surface area contributed by atoms with Crippen LogP contribution in [0.25, 0.3) is 0 Å². The quantitative estimate of drug-likeness (QED) is 0.502. The monoisotopic (exact) mass is 309 g/mol. The van der Waals surface area contributed by atoms with Crippen molar-refractivity contribution in [3.05, 3.63) is 53.9 Å². The van der Waals surface area contributed by atoms with Gasteiger partial charge in [-0.3, -0.25) is 9.78 Å². The van der Waals surface area contributed by atoms with E-state index in [0.29, 0.717) is 17.1 Å². The first kappa shape index (κ1) is 16.0. The number of pyridine rings is 1. The Bertz CT molecular complexity index is 736. The second kappa shape index (κ2) is 8.20. The average molecular weight is 309 g/mol. The lowest BCUT2D eigenvalue weighted by Crippen LogP contribution is -2.17. The van der Waals surface area contributed by atoms with Crippen LogP contribution in [0.3, 0.4) is 0 Å². The fraction of sp³-hybridized carbons (Fsp3) is 0.118. The number of carbonyl (C=O) groups excluding carboxylic acids is 1. The number of carbonyl (C=O) groups is 1. The second-order valence-corrected chi connectivity index (χ2v) is 4.34. The molecule has 0 aliphatic heterocycles. The molecule has 0 bridgehead atoms. The Morgan fingerprint density at radius 2 is 2.13 bits per heavy atom. The van der Waals surface area contributed by atoms with Crippen molar-refractivity contribution < 1.29 is 14.3 Å². The maximum Gasteiger partial charge on any atom is 0.271 e. The molecule has 0 unspecified atom stereocenters. The van der Waals surface area contributed by atoms with Crippen LogP contribution < -0.4 is 14.9 Å². The average Bonchev–Trinajstić information content (AvgIpc) is 2.61. The van der Waals surface area contributed by atoms with Crippen LogP contribution in [-0.4, -0.2) is 30.8 Å². The fourth-order valence-electron chi connectivity index (χ4n) is 1.74. The SMILES string of the molecule is C#CCOc1ccc(C=NNC(=O)c2ccncc2)cc1OC. The van der Waals surface area contributed by atoms with Crippen LogP contribution in [0.5, 0.6) is 11.5 Å². The van der Waals surface area contributed by atoms with Gasteiger partial charge >= 0.3 is 0 Å². The number of aromatic nitrogens is 1. The van der Waals surface area contributed by atoms with Crippen LogP contribution in [0.1, 0.15) is 15.9 Å². The van der Waals surface area contributed by atoms with Crippen LogP contribution in [0.2, 0.25) is 0 Å². The standard InChI is InChI=1S/C17H15N3O3/c1-3-10-23-15-5-4-13(11-16(15)22-2)12-19-20-17(21)14-6-8-18-9-7-14/h1,4-9,11-12H,10H2,2H3,(H,20,21). The zero-order valence-electron chi connectivity index (χ0n) is 12.5. The summed E-state index contributed by atoms with van der Waals surface area (Å²) >= 11 is 0. The summed E-state index contributed by atoms with van der Waals surface area (Å²) in [6.07, 6.45) is 9.75. The highest BCUT2D eigenvalue weighted by atomic mass is 16.5. The van der Waals surface area contributed by atoms with E-state index in [9.17, 15) is 4.79 Å². The summed E-state index contributed by atoms with van der Waals surface area (Å²) in [4.78, 5) is 15.7. The number of hydrogen-bond acceptors (Lipinski definition) is 5. The van der Waals surface area contributed by atoms with Crippen molar-refractivity contribution in [2.75, 3.05) is 13.7 Å². The van der Waals surface area contributed by atoms with Crippen molar-refractivity contribution in [3.8, 4) is 23.8 Å². The minimum atomic E-state index is -0.315. The lowest BCUT2D eigenvalue weighted by atomic mass is 10.2. The molecule has 0 atom stereocenters. The van der Waals surface area contributed by atoms with Crippen molar-refractivity contribution >= 4 is 12.1 Å². The number of rotatable bonds is 6. The Labute approximate surface area is 134 Å². The molecule has 1 aromatic heterocycles. The minimum absolute atomic E-state index is 0.159. The summed E-state index contributed by atoms with van der Waals surface area (Å²) in [7, 11) is 1.53. The predicted molar refractivity (Wildman–Crippen MR) is 86.6 cm³/mol. The van der Waals surface area contributed by atoms with Crippen LogP contribution >= 0.6 is 0 Å². The molecule has 23 heavy (non-hydrogen) atoms. The Kier molecular flexibility index (Phi) is 5.72. The van der Waals surface area contributed by atoms with Gasteiger partial charge in [-0.2, -0.15) is 5.10 Å². The molecule has 116 valence electrons. The molecular weight excluding hydrogens is 294 g/mol. The number of nitrogens with zero attached hydrogens (tertiary/aromatic N) is 2. The van der Waals surface area contributed by atoms with Crippen molar-refractivity contribution in [1.29, 1.82) is 0 Å². The molecule has 0 aliphatic carbocycles. The number of hydrogen-bond donors (Lipinski definition) is 1. The number of terminal acetylenes is 1. The first-order valence-corrected chi connectivity index (χ1v) is 6.72. The summed E-state index contributed by atoms with van der Waals surface area (Å²) in [5.41, 5.74) is 3.66. The van der Waals surface area contributed by atoms with Gasteiger partial charge in [0.1, 0.15) is 6.61 Å². The van der Waals surface area contributed by atoms with Gasteiger partial charge in [0.25, 0.3) is 5.91 Å². The summed E-state index contributed by atoms with van der Waals surface area (Å²) in [6.45, 7) is 0.159. The molecule has 0 saturated heterocycles. The van der Waals surface area contributed by atoms with E-state index in [1.807, 2.05) is 0 Å². The van der Waals surface area contributed by atoms with E-state index >= 15 is 0 Å². The van der Waals surface area contributed by atoms with Crippen molar-refractivity contribution in [2.24, 2.45) is 5.10 Å². The molecule has 0 radical (unpaired) electrons. The molecule has 6 nitrogen and oxygen atoms in total. The van der Waals surface area contributed by atoms with Crippen molar-refractivity contribution in [2.45, 2.75) is 0 Å². The van der Waals surface area contributed by atoms with Gasteiger partial charge in [0.05, 0.1) is 13.3 Å². The minimum Gasteiger partial charge on any atom is -0.493 e. The molecule has 2 rings (SSSR count). The van der Waals surface area contributed by atoms with Crippen LogP contribution in [0.15, 0.2) is 47.8 Å². The number of ether oxygens (including phenoxy) is 2. The van der Waals surface area contributed by atoms with Gasteiger partial charge in [-0.15, -0.1) is 6.42 Å². The molecule has 0 spiro atoms. The van der Waals surface area contributed by atoms with Gasteiger partial charge in [-0.1, -0.05) is 5.92 Å². The topological polar surface area (TPSA) is 72.8 Å². The lowest BCUT2D eigenvalue weighted by molar-refractivity contribution is 0.0955. The number of hydrazone groups is 1. The van der Waals surface area contributed by atoms with Crippen LogP contribution in [-0.2, 0) is 0 Å². The zero-order chi connectivity index (χ0) is 16.5. The second-order valence-electron chi connectivity index (χ2n) is 4.34. The van der Waals surface area contributed by atoms with Crippen molar-refractivity contribution in [3.63, 3.8) is 0 Å². The van der Waals surface area contributed by atoms with E-state index in [4.69, 9.17) is 15.9 Å². The predicted octanol–water partition coefficient (Wildman–Crippen LogP) is 1.87. The van der Waals surface area contributed by atoms with E-state index in [2.05, 4.69) is 21.4 Å². The fourth-order valence-corrected chi connectivity index (χ4v) is 1.74. The van der Waals surface area contributed by atoms with Gasteiger partial charge in [0.2, 0.25) is 0 Å². The smallest absolute Gasteiger partial charge is 0.271 e. The molecule has 1 aromatic carbocycles. The highest BCUT2D eigenvalue weighted by Gasteiger charge is 2.05. The molecule has 2 aromatic rings. The summed E-state index contributed by atoms with van der Waals surface area (Å²) < 4.78 is 10.6. The van der Waals surface area contributed by atoms with E-state index < -0.39 is 0 Å². The molecule has 1 amide bonds. The highest BCUT2D eigenvalue weighted by Crippen LogP contribution is 2.27. The van der Waals surface area contributed by atoms with E-state index in [0.717, 1.165) is 5.56 Å². The maximum absolute atomic E-state index is 11.8. The Hall–Kier alpha value is -3.33.